The molecule has 0 aliphatic carbocycles. The van der Waals surface area contributed by atoms with E-state index in [9.17, 15) is 0 Å². The van der Waals surface area contributed by atoms with Gasteiger partial charge in [0, 0.05) is 56.1 Å². The van der Waals surface area contributed by atoms with Gasteiger partial charge in [-0.3, -0.25) is 0 Å². The normalized spacial score (nSPS) is 11.9. The van der Waals surface area contributed by atoms with E-state index in [4.69, 9.17) is 0 Å². The second-order valence-corrected chi connectivity index (χ2v) is 11.7. The van der Waals surface area contributed by atoms with Crippen LogP contribution in [-0.4, -0.2) is 29.1 Å². The minimum Gasteiger partial charge on any atom is -0.309 e. The third kappa shape index (κ3) is 3.64. The Morgan fingerprint density at radius 3 is 1.61 bits per heavy atom. The lowest BCUT2D eigenvalue weighted by molar-refractivity contribution is 1.17. The van der Waals surface area contributed by atoms with Gasteiger partial charge in [-0.05, 0) is 83.9 Å². The summed E-state index contributed by atoms with van der Waals surface area (Å²) >= 11 is 0. The van der Waals surface area contributed by atoms with Crippen molar-refractivity contribution in [1.82, 2.24) is 29.1 Å². The van der Waals surface area contributed by atoms with Gasteiger partial charge in [0.1, 0.15) is 12.7 Å². The summed E-state index contributed by atoms with van der Waals surface area (Å²) in [6, 6.07) is 43.7. The maximum atomic E-state index is 4.51. The van der Waals surface area contributed by atoms with E-state index in [1.54, 1.807) is 12.7 Å². The number of rotatable bonds is 3. The lowest BCUT2D eigenvalue weighted by atomic mass is 10.0. The fourth-order valence-electron chi connectivity index (χ4n) is 7.07. The predicted molar refractivity (Wildman–Crippen MR) is 187 cm³/mol. The summed E-state index contributed by atoms with van der Waals surface area (Å²) in [4.78, 5) is 17.4. The van der Waals surface area contributed by atoms with Crippen LogP contribution in [0.5, 0.6) is 0 Å². The molecule has 0 aliphatic rings. The van der Waals surface area contributed by atoms with E-state index in [2.05, 4.69) is 150 Å². The van der Waals surface area contributed by atoms with Crippen LogP contribution in [0.15, 0.2) is 146 Å². The molecule has 0 fully saturated rings. The molecule has 0 spiro atoms. The van der Waals surface area contributed by atoms with Crippen LogP contribution in [-0.2, 0) is 0 Å². The first kappa shape index (κ1) is 25.0. The Balaban J connectivity index is 1.16. The number of aromatic nitrogens is 6. The van der Waals surface area contributed by atoms with E-state index in [1.807, 2.05) is 12.4 Å². The maximum absolute atomic E-state index is 4.51. The molecule has 0 N–H and O–H groups in total. The third-order valence-electron chi connectivity index (χ3n) is 9.17. The van der Waals surface area contributed by atoms with Crippen LogP contribution < -0.4 is 0 Å². The average Bonchev–Trinajstić information content (AvgIpc) is 3.63. The molecule has 0 saturated heterocycles. The molecule has 0 aliphatic heterocycles. The van der Waals surface area contributed by atoms with E-state index in [0.29, 0.717) is 0 Å². The number of para-hydroxylation sites is 2. The van der Waals surface area contributed by atoms with Gasteiger partial charge in [-0.25, -0.2) is 19.9 Å². The number of hydrogen-bond acceptors (Lipinski definition) is 4. The van der Waals surface area contributed by atoms with Gasteiger partial charge in [0.25, 0.3) is 0 Å². The summed E-state index contributed by atoms with van der Waals surface area (Å²) in [6.07, 6.45) is 6.93. The van der Waals surface area contributed by atoms with Crippen LogP contribution >= 0.6 is 0 Å². The molecular weight excluding hydrogens is 564 g/mol. The van der Waals surface area contributed by atoms with Gasteiger partial charge in [-0.2, -0.15) is 0 Å². The van der Waals surface area contributed by atoms with Crippen molar-refractivity contribution in [2.45, 2.75) is 0 Å². The van der Waals surface area contributed by atoms with Crippen LogP contribution in [0.4, 0.5) is 0 Å². The average molecular weight is 589 g/mol. The molecule has 0 saturated carbocycles. The number of benzene rings is 6. The first-order valence-corrected chi connectivity index (χ1v) is 15.3. The first-order chi connectivity index (χ1) is 22.8. The fraction of sp³-hybridized carbons (Fsp3) is 0. The van der Waals surface area contributed by atoms with E-state index in [0.717, 1.165) is 38.7 Å². The van der Waals surface area contributed by atoms with Gasteiger partial charge < -0.3 is 9.13 Å². The number of nitrogens with zero attached hydrogens (tertiary/aromatic N) is 6. The van der Waals surface area contributed by atoms with Crippen molar-refractivity contribution in [3.8, 4) is 22.5 Å². The monoisotopic (exact) mass is 588 g/mol. The Morgan fingerprint density at radius 2 is 0.935 bits per heavy atom. The largest absolute Gasteiger partial charge is 0.309 e. The van der Waals surface area contributed by atoms with Crippen molar-refractivity contribution in [3.05, 3.63) is 146 Å². The maximum Gasteiger partial charge on any atom is 0.116 e. The lowest BCUT2D eigenvalue weighted by Crippen LogP contribution is -1.95. The Morgan fingerprint density at radius 1 is 0.391 bits per heavy atom. The molecule has 10 aromatic rings. The molecule has 46 heavy (non-hydrogen) atoms. The molecule has 214 valence electrons. The second-order valence-electron chi connectivity index (χ2n) is 11.7. The van der Waals surface area contributed by atoms with Gasteiger partial charge in [-0.1, -0.05) is 48.5 Å². The highest BCUT2D eigenvalue weighted by atomic mass is 15.0. The van der Waals surface area contributed by atoms with E-state index >= 15 is 0 Å². The molecule has 0 radical (unpaired) electrons. The summed E-state index contributed by atoms with van der Waals surface area (Å²) in [5.74, 6) is 0. The Kier molecular flexibility index (Phi) is 5.19. The van der Waals surface area contributed by atoms with Crippen LogP contribution in [0.3, 0.4) is 0 Å². The molecule has 6 aromatic carbocycles. The topological polar surface area (TPSA) is 61.4 Å². The fourth-order valence-corrected chi connectivity index (χ4v) is 7.07. The van der Waals surface area contributed by atoms with Crippen molar-refractivity contribution in [2.24, 2.45) is 0 Å². The Bertz CT molecular complexity index is 2630. The van der Waals surface area contributed by atoms with Crippen LogP contribution in [0, 0.1) is 0 Å². The zero-order chi connectivity index (χ0) is 30.2. The highest BCUT2D eigenvalue weighted by Crippen LogP contribution is 2.38. The second kappa shape index (κ2) is 9.55. The van der Waals surface area contributed by atoms with Gasteiger partial charge in [0.05, 0.1) is 33.1 Å². The molecule has 0 atom stereocenters. The molecule has 0 unspecified atom stereocenters. The van der Waals surface area contributed by atoms with Gasteiger partial charge in [0.15, 0.2) is 0 Å². The highest BCUT2D eigenvalue weighted by molar-refractivity contribution is 6.13. The van der Waals surface area contributed by atoms with Crippen molar-refractivity contribution < 1.29 is 0 Å². The molecule has 0 bridgehead atoms. The summed E-state index contributed by atoms with van der Waals surface area (Å²) in [7, 11) is 0. The molecular formula is C40H24N6. The third-order valence-corrected chi connectivity index (χ3v) is 9.17. The quantitative estimate of drug-likeness (QED) is 0.206. The van der Waals surface area contributed by atoms with Crippen LogP contribution in [0.2, 0.25) is 0 Å². The number of hydrogen-bond donors (Lipinski definition) is 0. The van der Waals surface area contributed by atoms with Crippen molar-refractivity contribution in [1.29, 1.82) is 0 Å². The number of fused-ring (bicyclic) bond motifs is 8. The minimum atomic E-state index is 0.930. The van der Waals surface area contributed by atoms with Gasteiger partial charge >= 0.3 is 0 Å². The highest BCUT2D eigenvalue weighted by Gasteiger charge is 2.16. The summed E-state index contributed by atoms with van der Waals surface area (Å²) in [5, 5.41) is 6.93. The zero-order valence-corrected chi connectivity index (χ0v) is 24.5. The van der Waals surface area contributed by atoms with Crippen molar-refractivity contribution in [3.63, 3.8) is 0 Å². The molecule has 4 aromatic heterocycles. The molecule has 4 heterocycles. The molecule has 10 rings (SSSR count). The lowest BCUT2D eigenvalue weighted by Gasteiger charge is -2.10. The summed E-state index contributed by atoms with van der Waals surface area (Å²) in [6.45, 7) is 0. The van der Waals surface area contributed by atoms with Crippen molar-refractivity contribution in [2.75, 3.05) is 0 Å². The van der Waals surface area contributed by atoms with E-state index < -0.39 is 0 Å². The Labute approximate surface area is 262 Å². The molecule has 6 heteroatoms. The predicted octanol–water partition coefficient (Wildman–Crippen LogP) is 9.43. The SMILES string of the molecule is c1ccc2c(c1)c1cc(-c3ccc4c(c3)c3ccccc3n4-c3ccc4cncnc4c3)ccc1n2-c1ccc2ncncc2c1. The van der Waals surface area contributed by atoms with Crippen LogP contribution in [0.25, 0.3) is 87.9 Å². The molecule has 0 amide bonds. The van der Waals surface area contributed by atoms with E-state index in [1.165, 1.54) is 49.2 Å². The minimum absolute atomic E-state index is 0.930. The van der Waals surface area contributed by atoms with Gasteiger partial charge in [0.2, 0.25) is 0 Å². The van der Waals surface area contributed by atoms with Crippen molar-refractivity contribution >= 4 is 65.4 Å². The standard InChI is InChI=1S/C40H24N6/c1-3-7-37-31(5-1)33-18-25(10-15-39(33)45(37)29-13-14-35-28(17-29)22-42-23-43-35)26-11-16-40-34(19-26)32-6-2-4-8-38(32)46(40)30-12-9-27-21-41-24-44-36(27)20-30/h1-24H. The Hall–Kier alpha value is -6.40. The van der Waals surface area contributed by atoms with Gasteiger partial charge in [-0.15, -0.1) is 0 Å². The summed E-state index contributed by atoms with van der Waals surface area (Å²) in [5.41, 5.74) is 11.1. The summed E-state index contributed by atoms with van der Waals surface area (Å²) < 4.78 is 4.67. The van der Waals surface area contributed by atoms with E-state index in [-0.39, 0.29) is 0 Å². The van der Waals surface area contributed by atoms with Crippen LogP contribution in [0.1, 0.15) is 0 Å². The molecule has 6 nitrogen and oxygen atoms in total. The first-order valence-electron chi connectivity index (χ1n) is 15.3. The smallest absolute Gasteiger partial charge is 0.116 e. The zero-order valence-electron chi connectivity index (χ0n) is 24.5.